The number of hydrogen-bond acceptors (Lipinski definition) is 8. The first-order valence-corrected chi connectivity index (χ1v) is 10.2. The van der Waals surface area contributed by atoms with Crippen molar-refractivity contribution in [3.63, 3.8) is 0 Å². The Kier molecular flexibility index (Phi) is 4.82. The molecule has 3 rings (SSSR count). The number of phenolic OH excluding ortho intramolecular Hbond substituents is 4. The Morgan fingerprint density at radius 3 is 1.82 bits per heavy atom. The number of phenols is 4. The molecule has 0 aromatic heterocycles. The smallest absolute Gasteiger partial charge is 0.229 e. The summed E-state index contributed by atoms with van der Waals surface area (Å²) in [5.41, 5.74) is 0.0317. The molecule has 5 N–H and O–H groups in total. The van der Waals surface area contributed by atoms with Crippen molar-refractivity contribution in [1.82, 2.24) is 0 Å². The van der Waals surface area contributed by atoms with E-state index < -0.39 is 45.6 Å². The zero-order chi connectivity index (χ0) is 21.0. The molecular formula is C18H19NO8S-2. The summed E-state index contributed by atoms with van der Waals surface area (Å²) in [7, 11) is -3.81. The number of hydrogen-bond donors (Lipinski definition) is 5. The van der Waals surface area contributed by atoms with Gasteiger partial charge in [0.25, 0.3) is 0 Å². The molecule has 0 saturated heterocycles. The highest BCUT2D eigenvalue weighted by molar-refractivity contribution is 7.92. The fourth-order valence-corrected chi connectivity index (χ4v) is 4.35. The van der Waals surface area contributed by atoms with Gasteiger partial charge in [0.15, 0.2) is 0 Å². The predicted molar refractivity (Wildman–Crippen MR) is 95.8 cm³/mol. The molecule has 10 heteroatoms. The van der Waals surface area contributed by atoms with Crippen LogP contribution in [0.4, 0.5) is 5.69 Å². The van der Waals surface area contributed by atoms with E-state index in [1.54, 1.807) is 0 Å². The average Bonchev–Trinajstić information content (AvgIpc) is 2.52. The van der Waals surface area contributed by atoms with Crippen LogP contribution in [0, 0.1) is 6.92 Å². The molecule has 2 atom stereocenters. The predicted octanol–water partition coefficient (Wildman–Crippen LogP) is -0.472. The summed E-state index contributed by atoms with van der Waals surface area (Å²) in [4.78, 5) is 0. The lowest BCUT2D eigenvalue weighted by Crippen LogP contribution is -2.63. The highest BCUT2D eigenvalue weighted by Crippen LogP contribution is 2.53. The topological polar surface area (TPSA) is 173 Å². The Balaban J connectivity index is 2.04. The minimum absolute atomic E-state index is 0.116. The van der Waals surface area contributed by atoms with Gasteiger partial charge in [0.1, 0.15) is 23.0 Å². The lowest BCUT2D eigenvalue weighted by atomic mass is 9.62. The second-order valence-corrected chi connectivity index (χ2v) is 8.73. The van der Waals surface area contributed by atoms with E-state index in [-0.39, 0.29) is 28.3 Å². The maximum absolute atomic E-state index is 12.9. The van der Waals surface area contributed by atoms with E-state index in [1.807, 2.05) is 0 Å². The molecule has 1 aliphatic rings. The third kappa shape index (κ3) is 3.41. The summed E-state index contributed by atoms with van der Waals surface area (Å²) < 4.78 is 25.3. The number of sulfonamides is 1. The molecule has 2 aromatic carbocycles. The second-order valence-electron chi connectivity index (χ2n) is 6.98. The molecule has 0 bridgehead atoms. The maximum Gasteiger partial charge on any atom is 0.229 e. The SMILES string of the molecule is Cc1cc(O)cc(O)c1C1C([O-])C(c2c(O)cc(O)cc2NS(C)(=O)=O)C1[O-]. The van der Waals surface area contributed by atoms with Crippen molar-refractivity contribution in [2.45, 2.75) is 31.0 Å². The van der Waals surface area contributed by atoms with Crippen LogP contribution in [0.1, 0.15) is 28.5 Å². The molecule has 2 aromatic rings. The fraction of sp³-hybridized carbons (Fsp3) is 0.333. The van der Waals surface area contributed by atoms with E-state index in [0.29, 0.717) is 5.56 Å². The van der Waals surface area contributed by atoms with Gasteiger partial charge in [0.05, 0.1) is 11.9 Å². The van der Waals surface area contributed by atoms with E-state index in [0.717, 1.165) is 24.5 Å². The van der Waals surface area contributed by atoms with Crippen molar-refractivity contribution in [2.24, 2.45) is 0 Å². The van der Waals surface area contributed by atoms with Crippen LogP contribution < -0.4 is 14.9 Å². The summed E-state index contributed by atoms with van der Waals surface area (Å²) in [6, 6.07) is 4.27. The summed E-state index contributed by atoms with van der Waals surface area (Å²) in [6.45, 7) is 1.54. The summed E-state index contributed by atoms with van der Waals surface area (Å²) in [5.74, 6) is -4.07. The van der Waals surface area contributed by atoms with E-state index in [2.05, 4.69) is 4.72 Å². The van der Waals surface area contributed by atoms with E-state index in [9.17, 15) is 39.1 Å². The molecule has 0 aliphatic heterocycles. The molecule has 152 valence electrons. The van der Waals surface area contributed by atoms with Crippen molar-refractivity contribution >= 4 is 15.7 Å². The Morgan fingerprint density at radius 2 is 1.32 bits per heavy atom. The van der Waals surface area contributed by atoms with Crippen LogP contribution in [0.2, 0.25) is 0 Å². The molecule has 1 fully saturated rings. The number of aromatic hydroxyl groups is 4. The van der Waals surface area contributed by atoms with Crippen molar-refractivity contribution in [3.8, 4) is 23.0 Å². The van der Waals surface area contributed by atoms with Gasteiger partial charge in [-0.25, -0.2) is 8.42 Å². The first kappa shape index (κ1) is 20.1. The number of benzene rings is 2. The van der Waals surface area contributed by atoms with Crippen molar-refractivity contribution in [1.29, 1.82) is 0 Å². The molecule has 0 amide bonds. The van der Waals surface area contributed by atoms with Crippen LogP contribution in [0.15, 0.2) is 24.3 Å². The van der Waals surface area contributed by atoms with Gasteiger partial charge in [0.2, 0.25) is 10.0 Å². The third-order valence-corrected chi connectivity index (χ3v) is 5.46. The van der Waals surface area contributed by atoms with E-state index >= 15 is 0 Å². The molecule has 1 aliphatic carbocycles. The van der Waals surface area contributed by atoms with Gasteiger partial charge in [-0.2, -0.15) is 0 Å². The number of aryl methyl sites for hydroxylation is 1. The van der Waals surface area contributed by atoms with Crippen LogP contribution in [0.25, 0.3) is 0 Å². The fourth-order valence-electron chi connectivity index (χ4n) is 3.78. The van der Waals surface area contributed by atoms with Gasteiger partial charge in [-0.1, -0.05) is 0 Å². The van der Waals surface area contributed by atoms with Crippen LogP contribution in [-0.4, -0.2) is 47.3 Å². The van der Waals surface area contributed by atoms with Gasteiger partial charge in [-0.15, -0.1) is 12.2 Å². The Labute approximate surface area is 161 Å². The monoisotopic (exact) mass is 409 g/mol. The molecule has 0 radical (unpaired) electrons. The van der Waals surface area contributed by atoms with Crippen LogP contribution >= 0.6 is 0 Å². The molecule has 1 saturated carbocycles. The average molecular weight is 409 g/mol. The standard InChI is InChI=1S/C18H19NO8S/c1-7-3-8(20)5-11(22)13(7)15-17(24)16(18(15)25)14-10(19-28(2,26)27)4-9(21)6-12(14)23/h3-6,15-23H,1-2H3/q-2. The van der Waals surface area contributed by atoms with Crippen LogP contribution in [0.5, 0.6) is 23.0 Å². The molecule has 2 unspecified atom stereocenters. The highest BCUT2D eigenvalue weighted by Gasteiger charge is 2.42. The summed E-state index contributed by atoms with van der Waals surface area (Å²) in [5, 5.41) is 65.2. The van der Waals surface area contributed by atoms with Gasteiger partial charge < -0.3 is 30.6 Å². The molecular weight excluding hydrogens is 390 g/mol. The Hall–Kier alpha value is -2.69. The first-order chi connectivity index (χ1) is 12.9. The molecule has 0 spiro atoms. The first-order valence-electron chi connectivity index (χ1n) is 8.28. The number of anilines is 1. The highest BCUT2D eigenvalue weighted by atomic mass is 32.2. The molecule has 0 heterocycles. The van der Waals surface area contributed by atoms with Crippen molar-refractivity contribution < 1.29 is 39.1 Å². The van der Waals surface area contributed by atoms with Crippen molar-refractivity contribution in [2.75, 3.05) is 11.0 Å². The zero-order valence-electron chi connectivity index (χ0n) is 14.9. The van der Waals surface area contributed by atoms with Crippen LogP contribution in [0.3, 0.4) is 0 Å². The van der Waals surface area contributed by atoms with Gasteiger partial charge in [-0.05, 0) is 36.0 Å². The second kappa shape index (κ2) is 6.73. The Morgan fingerprint density at radius 1 is 0.857 bits per heavy atom. The van der Waals surface area contributed by atoms with E-state index in [4.69, 9.17) is 0 Å². The number of nitrogens with one attached hydrogen (secondary N) is 1. The summed E-state index contributed by atoms with van der Waals surface area (Å²) in [6.07, 6.45) is -2.33. The Bertz CT molecular complexity index is 1000. The minimum Gasteiger partial charge on any atom is -0.851 e. The quantitative estimate of drug-likeness (QED) is 0.450. The van der Waals surface area contributed by atoms with Gasteiger partial charge >= 0.3 is 0 Å². The van der Waals surface area contributed by atoms with Gasteiger partial charge in [0, 0.05) is 23.8 Å². The maximum atomic E-state index is 12.9. The third-order valence-electron chi connectivity index (χ3n) is 4.87. The number of rotatable bonds is 4. The lowest BCUT2D eigenvalue weighted by molar-refractivity contribution is -0.536. The molecule has 28 heavy (non-hydrogen) atoms. The zero-order valence-corrected chi connectivity index (χ0v) is 15.8. The van der Waals surface area contributed by atoms with Crippen LogP contribution in [-0.2, 0) is 10.0 Å². The normalized spacial score (nSPS) is 24.6. The summed E-state index contributed by atoms with van der Waals surface area (Å²) >= 11 is 0. The molecule has 9 nitrogen and oxygen atoms in total. The van der Waals surface area contributed by atoms with Crippen molar-refractivity contribution in [3.05, 3.63) is 41.0 Å². The largest absolute Gasteiger partial charge is 0.851 e. The van der Waals surface area contributed by atoms with E-state index in [1.165, 1.54) is 13.0 Å². The lowest BCUT2D eigenvalue weighted by Gasteiger charge is -2.62. The minimum atomic E-state index is -3.81. The van der Waals surface area contributed by atoms with Gasteiger partial charge in [-0.3, -0.25) is 4.72 Å².